The fraction of sp³-hybridized carbons (Fsp3) is 0.467. The molecule has 3 rings (SSSR count). The fourth-order valence-electron chi connectivity index (χ4n) is 2.52. The lowest BCUT2D eigenvalue weighted by Gasteiger charge is -2.18. The standard InChI is InChI=1S/C15H19N3O2/c1-10(19-2)8-14-17-15(20-18-14)13-5-3-4-11-9-16-7-6-12(11)13/h3-5,10,16H,6-9H2,1-2H3. The van der Waals surface area contributed by atoms with Crippen LogP contribution in [0.3, 0.4) is 0 Å². The number of methoxy groups -OCH3 is 1. The molecule has 1 unspecified atom stereocenters. The molecule has 0 saturated carbocycles. The third-order valence-electron chi connectivity index (χ3n) is 3.71. The van der Waals surface area contributed by atoms with Gasteiger partial charge in [-0.15, -0.1) is 0 Å². The van der Waals surface area contributed by atoms with Crippen molar-refractivity contribution in [2.24, 2.45) is 0 Å². The van der Waals surface area contributed by atoms with Crippen LogP contribution in [0.5, 0.6) is 0 Å². The number of benzene rings is 1. The molecule has 0 spiro atoms. The molecule has 0 fully saturated rings. The minimum atomic E-state index is 0.0920. The molecule has 1 N–H and O–H groups in total. The summed E-state index contributed by atoms with van der Waals surface area (Å²) < 4.78 is 10.7. The zero-order chi connectivity index (χ0) is 13.9. The Labute approximate surface area is 118 Å². The molecule has 1 aromatic heterocycles. The van der Waals surface area contributed by atoms with E-state index in [2.05, 4.69) is 27.6 Å². The summed E-state index contributed by atoms with van der Waals surface area (Å²) in [5, 5.41) is 7.42. The topological polar surface area (TPSA) is 60.2 Å². The lowest BCUT2D eigenvalue weighted by molar-refractivity contribution is 0.116. The van der Waals surface area contributed by atoms with Crippen LogP contribution in [-0.4, -0.2) is 29.9 Å². The Kier molecular flexibility index (Phi) is 3.80. The number of hydrogen-bond donors (Lipinski definition) is 1. The van der Waals surface area contributed by atoms with E-state index in [9.17, 15) is 0 Å². The van der Waals surface area contributed by atoms with Gasteiger partial charge in [0.2, 0.25) is 0 Å². The Morgan fingerprint density at radius 2 is 2.35 bits per heavy atom. The molecule has 5 heteroatoms. The predicted octanol–water partition coefficient (Wildman–Crippen LogP) is 1.96. The van der Waals surface area contributed by atoms with E-state index in [1.807, 2.05) is 13.0 Å². The van der Waals surface area contributed by atoms with Crippen LogP contribution in [0.25, 0.3) is 11.5 Å². The van der Waals surface area contributed by atoms with Crippen LogP contribution in [0.15, 0.2) is 22.7 Å². The van der Waals surface area contributed by atoms with Crippen molar-refractivity contribution < 1.29 is 9.26 Å². The molecule has 2 heterocycles. The molecule has 20 heavy (non-hydrogen) atoms. The Hall–Kier alpha value is -1.72. The summed E-state index contributed by atoms with van der Waals surface area (Å²) in [4.78, 5) is 4.50. The van der Waals surface area contributed by atoms with Crippen molar-refractivity contribution >= 4 is 0 Å². The van der Waals surface area contributed by atoms with Gasteiger partial charge in [0.05, 0.1) is 6.10 Å². The minimum Gasteiger partial charge on any atom is -0.381 e. The maximum atomic E-state index is 5.43. The smallest absolute Gasteiger partial charge is 0.258 e. The van der Waals surface area contributed by atoms with Crippen molar-refractivity contribution in [2.45, 2.75) is 32.4 Å². The van der Waals surface area contributed by atoms with Crippen molar-refractivity contribution in [3.05, 3.63) is 35.2 Å². The van der Waals surface area contributed by atoms with E-state index in [0.717, 1.165) is 25.1 Å². The second-order valence-electron chi connectivity index (χ2n) is 5.14. The molecule has 0 aliphatic carbocycles. The number of hydrogen-bond acceptors (Lipinski definition) is 5. The summed E-state index contributed by atoms with van der Waals surface area (Å²) in [6.07, 6.45) is 1.75. The number of aromatic nitrogens is 2. The van der Waals surface area contributed by atoms with Gasteiger partial charge in [-0.2, -0.15) is 4.98 Å². The van der Waals surface area contributed by atoms with Gasteiger partial charge in [0, 0.05) is 25.6 Å². The van der Waals surface area contributed by atoms with E-state index in [0.29, 0.717) is 18.1 Å². The quantitative estimate of drug-likeness (QED) is 0.922. The van der Waals surface area contributed by atoms with Crippen LogP contribution in [0.2, 0.25) is 0 Å². The van der Waals surface area contributed by atoms with Gasteiger partial charge in [0.15, 0.2) is 5.82 Å². The highest BCUT2D eigenvalue weighted by Crippen LogP contribution is 2.27. The third-order valence-corrected chi connectivity index (χ3v) is 3.71. The van der Waals surface area contributed by atoms with Gasteiger partial charge in [-0.05, 0) is 37.1 Å². The van der Waals surface area contributed by atoms with E-state index in [1.165, 1.54) is 11.1 Å². The first-order chi connectivity index (χ1) is 9.78. The number of nitrogens with one attached hydrogen (secondary N) is 1. The van der Waals surface area contributed by atoms with Crippen molar-refractivity contribution in [1.82, 2.24) is 15.5 Å². The minimum absolute atomic E-state index is 0.0920. The van der Waals surface area contributed by atoms with E-state index < -0.39 is 0 Å². The van der Waals surface area contributed by atoms with Crippen molar-refractivity contribution in [3.63, 3.8) is 0 Å². The van der Waals surface area contributed by atoms with Crippen LogP contribution in [0.1, 0.15) is 23.9 Å². The Bertz CT molecular complexity index is 595. The zero-order valence-corrected chi connectivity index (χ0v) is 11.8. The lowest BCUT2D eigenvalue weighted by atomic mass is 9.95. The molecule has 1 atom stereocenters. The first-order valence-electron chi connectivity index (χ1n) is 6.95. The van der Waals surface area contributed by atoms with Crippen molar-refractivity contribution in [3.8, 4) is 11.5 Å². The molecule has 1 aliphatic rings. The van der Waals surface area contributed by atoms with E-state index >= 15 is 0 Å². The molecule has 0 amide bonds. The van der Waals surface area contributed by atoms with E-state index in [4.69, 9.17) is 9.26 Å². The first kappa shape index (κ1) is 13.3. The maximum absolute atomic E-state index is 5.43. The molecular formula is C15H19N3O2. The average Bonchev–Trinajstić information content (AvgIpc) is 2.94. The number of nitrogens with zero attached hydrogens (tertiary/aromatic N) is 2. The molecule has 2 aromatic rings. The van der Waals surface area contributed by atoms with E-state index in [1.54, 1.807) is 7.11 Å². The molecule has 106 valence electrons. The van der Waals surface area contributed by atoms with Crippen LogP contribution >= 0.6 is 0 Å². The van der Waals surface area contributed by atoms with Crippen molar-refractivity contribution in [1.29, 1.82) is 0 Å². The number of ether oxygens (including phenoxy) is 1. The van der Waals surface area contributed by atoms with Crippen LogP contribution in [0, 0.1) is 0 Å². The molecule has 1 aromatic carbocycles. The summed E-state index contributed by atoms with van der Waals surface area (Å²) in [6, 6.07) is 6.25. The molecule has 1 aliphatic heterocycles. The Morgan fingerprint density at radius 3 is 3.20 bits per heavy atom. The van der Waals surface area contributed by atoms with Gasteiger partial charge >= 0.3 is 0 Å². The molecule has 0 radical (unpaired) electrons. The second-order valence-corrected chi connectivity index (χ2v) is 5.14. The normalized spacial score (nSPS) is 15.9. The fourth-order valence-corrected chi connectivity index (χ4v) is 2.52. The molecule has 0 saturated heterocycles. The average molecular weight is 273 g/mol. The predicted molar refractivity (Wildman–Crippen MR) is 75.3 cm³/mol. The van der Waals surface area contributed by atoms with Gasteiger partial charge in [-0.1, -0.05) is 17.3 Å². The monoisotopic (exact) mass is 273 g/mol. The summed E-state index contributed by atoms with van der Waals surface area (Å²) in [5.41, 5.74) is 3.70. The van der Waals surface area contributed by atoms with E-state index in [-0.39, 0.29) is 6.10 Å². The van der Waals surface area contributed by atoms with Gasteiger partial charge in [-0.3, -0.25) is 0 Å². The Morgan fingerprint density at radius 1 is 1.45 bits per heavy atom. The highest BCUT2D eigenvalue weighted by Gasteiger charge is 2.18. The van der Waals surface area contributed by atoms with Crippen LogP contribution in [-0.2, 0) is 24.1 Å². The Balaban J connectivity index is 1.90. The van der Waals surface area contributed by atoms with Gasteiger partial charge in [0.25, 0.3) is 5.89 Å². The largest absolute Gasteiger partial charge is 0.381 e. The summed E-state index contributed by atoms with van der Waals surface area (Å²) in [6.45, 7) is 3.89. The summed E-state index contributed by atoms with van der Waals surface area (Å²) in [7, 11) is 1.69. The first-order valence-corrected chi connectivity index (χ1v) is 6.95. The van der Waals surface area contributed by atoms with Gasteiger partial charge < -0.3 is 14.6 Å². The van der Waals surface area contributed by atoms with Gasteiger partial charge in [-0.25, -0.2) is 0 Å². The number of fused-ring (bicyclic) bond motifs is 1. The summed E-state index contributed by atoms with van der Waals surface area (Å²) in [5.74, 6) is 1.31. The van der Waals surface area contributed by atoms with Crippen LogP contribution < -0.4 is 5.32 Å². The highest BCUT2D eigenvalue weighted by molar-refractivity contribution is 5.61. The molecular weight excluding hydrogens is 254 g/mol. The highest BCUT2D eigenvalue weighted by atomic mass is 16.5. The SMILES string of the molecule is COC(C)Cc1noc(-c2cccc3c2CCNC3)n1. The zero-order valence-electron chi connectivity index (χ0n) is 11.8. The van der Waals surface area contributed by atoms with Crippen LogP contribution in [0.4, 0.5) is 0 Å². The lowest BCUT2D eigenvalue weighted by Crippen LogP contribution is -2.24. The third kappa shape index (κ3) is 2.59. The second kappa shape index (κ2) is 5.73. The molecule has 5 nitrogen and oxygen atoms in total. The van der Waals surface area contributed by atoms with Gasteiger partial charge in [0.1, 0.15) is 0 Å². The number of rotatable bonds is 4. The van der Waals surface area contributed by atoms with Crippen molar-refractivity contribution in [2.75, 3.05) is 13.7 Å². The maximum Gasteiger partial charge on any atom is 0.258 e. The summed E-state index contributed by atoms with van der Waals surface area (Å²) >= 11 is 0. The molecule has 0 bridgehead atoms.